The lowest BCUT2D eigenvalue weighted by atomic mass is 9.91. The Balaban J connectivity index is 1.74. The van der Waals surface area contributed by atoms with Crippen LogP contribution in [0.15, 0.2) is 84.0 Å². The third-order valence-corrected chi connectivity index (χ3v) is 4.62. The zero-order chi connectivity index (χ0) is 20.5. The number of methoxy groups -OCH3 is 2. The Morgan fingerprint density at radius 2 is 1.48 bits per heavy atom. The Morgan fingerprint density at radius 1 is 0.897 bits per heavy atom. The predicted molar refractivity (Wildman–Crippen MR) is 115 cm³/mol. The van der Waals surface area contributed by atoms with Gasteiger partial charge in [0.15, 0.2) is 0 Å². The zero-order valence-corrected chi connectivity index (χ0v) is 16.5. The first-order valence-electron chi connectivity index (χ1n) is 9.34. The molecule has 0 radical (unpaired) electrons. The number of hydrogen-bond donors (Lipinski definition) is 1. The van der Waals surface area contributed by atoms with Gasteiger partial charge in [-0.05, 0) is 59.5 Å². The van der Waals surface area contributed by atoms with E-state index in [2.05, 4.69) is 10.5 Å². The SMILES string of the molecule is COc1ccc(/C=N/NC(=O)C(Cc2ccccc2)c2ccc(OC)cc2)cc1. The monoisotopic (exact) mass is 388 g/mol. The van der Waals surface area contributed by atoms with E-state index in [9.17, 15) is 4.79 Å². The number of nitrogens with one attached hydrogen (secondary N) is 1. The van der Waals surface area contributed by atoms with Gasteiger partial charge in [0.05, 0.1) is 26.4 Å². The van der Waals surface area contributed by atoms with Gasteiger partial charge in [-0.15, -0.1) is 0 Å². The summed E-state index contributed by atoms with van der Waals surface area (Å²) in [6, 6.07) is 24.9. The summed E-state index contributed by atoms with van der Waals surface area (Å²) in [5.74, 6) is 0.999. The largest absolute Gasteiger partial charge is 0.497 e. The van der Waals surface area contributed by atoms with Crippen molar-refractivity contribution in [1.82, 2.24) is 5.43 Å². The molecular formula is C24H24N2O3. The molecular weight excluding hydrogens is 364 g/mol. The lowest BCUT2D eigenvalue weighted by Crippen LogP contribution is -2.27. The zero-order valence-electron chi connectivity index (χ0n) is 16.5. The van der Waals surface area contributed by atoms with Crippen LogP contribution in [0.25, 0.3) is 0 Å². The summed E-state index contributed by atoms with van der Waals surface area (Å²) < 4.78 is 10.4. The quantitative estimate of drug-likeness (QED) is 0.465. The minimum atomic E-state index is -0.365. The third-order valence-electron chi connectivity index (χ3n) is 4.62. The maximum absolute atomic E-state index is 12.9. The Labute approximate surface area is 171 Å². The number of hydrogen-bond acceptors (Lipinski definition) is 4. The van der Waals surface area contributed by atoms with E-state index < -0.39 is 0 Å². The van der Waals surface area contributed by atoms with Gasteiger partial charge < -0.3 is 9.47 Å². The third kappa shape index (κ3) is 5.69. The fourth-order valence-corrected chi connectivity index (χ4v) is 2.99. The van der Waals surface area contributed by atoms with Crippen molar-refractivity contribution in [3.63, 3.8) is 0 Å². The van der Waals surface area contributed by atoms with Crippen molar-refractivity contribution in [2.24, 2.45) is 5.10 Å². The average Bonchev–Trinajstić information content (AvgIpc) is 2.78. The highest BCUT2D eigenvalue weighted by molar-refractivity contribution is 5.86. The molecule has 0 aliphatic rings. The summed E-state index contributed by atoms with van der Waals surface area (Å²) in [7, 11) is 3.24. The number of benzene rings is 3. The van der Waals surface area contributed by atoms with Gasteiger partial charge in [-0.3, -0.25) is 4.79 Å². The fourth-order valence-electron chi connectivity index (χ4n) is 2.99. The number of amides is 1. The van der Waals surface area contributed by atoms with E-state index in [1.54, 1.807) is 20.4 Å². The Bertz CT molecular complexity index is 936. The number of hydrazone groups is 1. The van der Waals surface area contributed by atoms with Crippen LogP contribution in [0.4, 0.5) is 0 Å². The van der Waals surface area contributed by atoms with Crippen molar-refractivity contribution in [2.45, 2.75) is 12.3 Å². The molecule has 3 aromatic rings. The molecule has 5 nitrogen and oxygen atoms in total. The van der Waals surface area contributed by atoms with Crippen molar-refractivity contribution in [2.75, 3.05) is 14.2 Å². The van der Waals surface area contributed by atoms with Gasteiger partial charge in [0.25, 0.3) is 0 Å². The second kappa shape index (κ2) is 10.1. The fraction of sp³-hybridized carbons (Fsp3) is 0.167. The normalized spacial score (nSPS) is 11.8. The topological polar surface area (TPSA) is 59.9 Å². The van der Waals surface area contributed by atoms with Crippen molar-refractivity contribution < 1.29 is 14.3 Å². The number of nitrogens with zero attached hydrogens (tertiary/aromatic N) is 1. The van der Waals surface area contributed by atoms with E-state index in [4.69, 9.17) is 9.47 Å². The van der Waals surface area contributed by atoms with Crippen LogP contribution in [-0.4, -0.2) is 26.3 Å². The van der Waals surface area contributed by atoms with Gasteiger partial charge in [-0.25, -0.2) is 5.43 Å². The molecule has 1 unspecified atom stereocenters. The molecule has 0 saturated heterocycles. The molecule has 1 atom stereocenters. The van der Waals surface area contributed by atoms with Crippen LogP contribution >= 0.6 is 0 Å². The van der Waals surface area contributed by atoms with Gasteiger partial charge >= 0.3 is 0 Å². The molecule has 0 fully saturated rings. The van der Waals surface area contributed by atoms with Crippen LogP contribution in [0, 0.1) is 0 Å². The van der Waals surface area contributed by atoms with Crippen molar-refractivity contribution in [3.8, 4) is 11.5 Å². The van der Waals surface area contributed by atoms with Crippen LogP contribution < -0.4 is 14.9 Å². The summed E-state index contributed by atoms with van der Waals surface area (Å²) in [5.41, 5.74) is 5.54. The van der Waals surface area contributed by atoms with Crippen molar-refractivity contribution >= 4 is 12.1 Å². The Hall–Kier alpha value is -3.60. The molecule has 3 rings (SSSR count). The molecule has 0 aliphatic carbocycles. The summed E-state index contributed by atoms with van der Waals surface area (Å²) in [6.45, 7) is 0. The first-order chi connectivity index (χ1) is 14.2. The van der Waals surface area contributed by atoms with Crippen LogP contribution in [0.2, 0.25) is 0 Å². The number of rotatable bonds is 8. The van der Waals surface area contributed by atoms with E-state index >= 15 is 0 Å². The van der Waals surface area contributed by atoms with E-state index in [-0.39, 0.29) is 11.8 Å². The summed E-state index contributed by atoms with van der Waals surface area (Å²) in [5, 5.41) is 4.13. The minimum Gasteiger partial charge on any atom is -0.497 e. The van der Waals surface area contributed by atoms with Crippen LogP contribution in [0.5, 0.6) is 11.5 Å². The Morgan fingerprint density at radius 3 is 2.07 bits per heavy atom. The summed E-state index contributed by atoms with van der Waals surface area (Å²) in [4.78, 5) is 12.9. The first kappa shape index (κ1) is 20.1. The summed E-state index contributed by atoms with van der Waals surface area (Å²) in [6.07, 6.45) is 2.20. The maximum atomic E-state index is 12.9. The van der Waals surface area contributed by atoms with Crippen molar-refractivity contribution in [1.29, 1.82) is 0 Å². The van der Waals surface area contributed by atoms with Gasteiger partial charge in [0, 0.05) is 0 Å². The molecule has 1 N–H and O–H groups in total. The predicted octanol–water partition coefficient (Wildman–Crippen LogP) is 4.18. The first-order valence-corrected chi connectivity index (χ1v) is 9.34. The van der Waals surface area contributed by atoms with E-state index in [0.29, 0.717) is 6.42 Å². The molecule has 3 aromatic carbocycles. The second-order valence-corrected chi connectivity index (χ2v) is 6.52. The number of carbonyl (C=O) groups is 1. The summed E-state index contributed by atoms with van der Waals surface area (Å²) >= 11 is 0. The lowest BCUT2D eigenvalue weighted by molar-refractivity contribution is -0.122. The molecule has 29 heavy (non-hydrogen) atoms. The molecule has 0 heterocycles. The van der Waals surface area contributed by atoms with Gasteiger partial charge in [-0.1, -0.05) is 42.5 Å². The van der Waals surface area contributed by atoms with Gasteiger partial charge in [-0.2, -0.15) is 5.10 Å². The molecule has 0 saturated carbocycles. The highest BCUT2D eigenvalue weighted by Crippen LogP contribution is 2.24. The molecule has 148 valence electrons. The molecule has 0 aromatic heterocycles. The molecule has 0 spiro atoms. The average molecular weight is 388 g/mol. The highest BCUT2D eigenvalue weighted by atomic mass is 16.5. The van der Waals surface area contributed by atoms with Crippen LogP contribution in [0.1, 0.15) is 22.6 Å². The molecule has 0 bridgehead atoms. The maximum Gasteiger partial charge on any atom is 0.247 e. The molecule has 0 aliphatic heterocycles. The number of ether oxygens (including phenoxy) is 2. The van der Waals surface area contributed by atoms with E-state index in [1.165, 1.54) is 0 Å². The Kier molecular flexibility index (Phi) is 7.00. The second-order valence-electron chi connectivity index (χ2n) is 6.52. The lowest BCUT2D eigenvalue weighted by Gasteiger charge is -2.16. The standard InChI is InChI=1S/C24H24N2O3/c1-28-21-12-8-19(9-13-21)17-25-26-24(27)23(16-18-6-4-3-5-7-18)20-10-14-22(29-2)15-11-20/h3-15,17,23H,16H2,1-2H3,(H,26,27)/b25-17+. The van der Waals surface area contributed by atoms with Gasteiger partial charge in [0.2, 0.25) is 5.91 Å². The highest BCUT2D eigenvalue weighted by Gasteiger charge is 2.21. The van der Waals surface area contributed by atoms with Crippen LogP contribution in [-0.2, 0) is 11.2 Å². The molecule has 1 amide bonds. The minimum absolute atomic E-state index is 0.163. The molecule has 5 heteroatoms. The van der Waals surface area contributed by atoms with Gasteiger partial charge in [0.1, 0.15) is 11.5 Å². The van der Waals surface area contributed by atoms with E-state index in [1.807, 2.05) is 78.9 Å². The number of carbonyl (C=O) groups excluding carboxylic acids is 1. The van der Waals surface area contributed by atoms with Crippen LogP contribution in [0.3, 0.4) is 0 Å². The smallest absolute Gasteiger partial charge is 0.247 e. The van der Waals surface area contributed by atoms with E-state index in [0.717, 1.165) is 28.2 Å². The van der Waals surface area contributed by atoms with Crippen molar-refractivity contribution in [3.05, 3.63) is 95.6 Å².